The maximum Gasteiger partial charge on any atom is 0.140 e. The van der Waals surface area contributed by atoms with Gasteiger partial charge in [0.1, 0.15) is 23.3 Å². The molecule has 0 aliphatic heterocycles. The van der Waals surface area contributed by atoms with Crippen LogP contribution in [0.2, 0.25) is 0 Å². The molecule has 0 N–H and O–H groups in total. The smallest absolute Gasteiger partial charge is 0.140 e. The van der Waals surface area contributed by atoms with Gasteiger partial charge < -0.3 is 14.4 Å². The van der Waals surface area contributed by atoms with E-state index in [0.29, 0.717) is 5.69 Å². The summed E-state index contributed by atoms with van der Waals surface area (Å²) in [4.78, 5) is 8.67. The van der Waals surface area contributed by atoms with Crippen LogP contribution in [0.1, 0.15) is 5.69 Å². The number of nitrogens with zero attached hydrogens (tertiary/aromatic N) is 3. The van der Waals surface area contributed by atoms with E-state index in [4.69, 9.17) is 14.7 Å². The first-order valence-corrected chi connectivity index (χ1v) is 12.1. The molecule has 0 atom stereocenters. The highest BCUT2D eigenvalue weighted by atomic mass is 32.1. The predicted octanol–water partition coefficient (Wildman–Crippen LogP) is 7.84. The summed E-state index contributed by atoms with van der Waals surface area (Å²) in [5.41, 5.74) is 5.67. The molecule has 0 saturated carbocycles. The minimum Gasteiger partial charge on any atom is -0.497 e. The van der Waals surface area contributed by atoms with Gasteiger partial charge in [-0.05, 0) is 90.5 Å². The van der Waals surface area contributed by atoms with Crippen LogP contribution in [0, 0.1) is 11.3 Å². The minimum absolute atomic E-state index is 0.421. The van der Waals surface area contributed by atoms with Gasteiger partial charge in [0.25, 0.3) is 0 Å². The van der Waals surface area contributed by atoms with E-state index >= 15 is 0 Å². The third-order valence-electron chi connectivity index (χ3n) is 5.84. The second-order valence-corrected chi connectivity index (χ2v) is 9.07. The van der Waals surface area contributed by atoms with Gasteiger partial charge in [-0.1, -0.05) is 12.1 Å². The highest BCUT2D eigenvalue weighted by Gasteiger charge is 2.14. The van der Waals surface area contributed by atoms with Crippen LogP contribution in [0.4, 0.5) is 17.1 Å². The van der Waals surface area contributed by atoms with Gasteiger partial charge in [-0.2, -0.15) is 5.26 Å². The number of hydrogen-bond donors (Lipinski definition) is 0. The molecule has 0 aliphatic carbocycles. The normalized spacial score (nSPS) is 10.5. The fourth-order valence-electron chi connectivity index (χ4n) is 3.94. The molecule has 2 heterocycles. The summed E-state index contributed by atoms with van der Waals surface area (Å²) in [6.45, 7) is 0. The van der Waals surface area contributed by atoms with Crippen molar-refractivity contribution < 1.29 is 9.47 Å². The number of rotatable bonds is 7. The highest BCUT2D eigenvalue weighted by Crippen LogP contribution is 2.39. The first kappa shape index (κ1) is 23.2. The minimum atomic E-state index is 0.421. The average Bonchev–Trinajstić information content (AvgIpc) is 3.45. The summed E-state index contributed by atoms with van der Waals surface area (Å²) in [5.74, 6) is 1.63. The molecule has 36 heavy (non-hydrogen) atoms. The molecule has 0 radical (unpaired) electrons. The van der Waals surface area contributed by atoms with Crippen molar-refractivity contribution in [2.24, 2.45) is 0 Å². The van der Waals surface area contributed by atoms with Crippen LogP contribution in [-0.2, 0) is 0 Å². The van der Waals surface area contributed by atoms with Gasteiger partial charge in [-0.25, -0.2) is 4.98 Å². The molecule has 0 amide bonds. The van der Waals surface area contributed by atoms with E-state index in [1.54, 1.807) is 37.8 Å². The molecule has 3 aromatic carbocycles. The van der Waals surface area contributed by atoms with E-state index in [1.807, 2.05) is 54.6 Å². The molecule has 5 nitrogen and oxygen atoms in total. The van der Waals surface area contributed by atoms with Gasteiger partial charge in [0.05, 0.1) is 14.2 Å². The fourth-order valence-corrected chi connectivity index (χ4v) is 4.94. The zero-order valence-corrected chi connectivity index (χ0v) is 20.7. The number of methoxy groups -OCH3 is 2. The van der Waals surface area contributed by atoms with Crippen LogP contribution in [0.5, 0.6) is 11.5 Å². The Kier molecular flexibility index (Phi) is 6.65. The lowest BCUT2D eigenvalue weighted by Gasteiger charge is -2.26. The number of benzene rings is 3. The largest absolute Gasteiger partial charge is 0.497 e. The Balaban J connectivity index is 1.46. The molecule has 0 bridgehead atoms. The maximum absolute atomic E-state index is 8.98. The first-order valence-electron chi connectivity index (χ1n) is 11.3. The van der Waals surface area contributed by atoms with E-state index < -0.39 is 0 Å². The van der Waals surface area contributed by atoms with Crippen LogP contribution in [0.25, 0.3) is 20.9 Å². The molecule has 6 heteroatoms. The van der Waals surface area contributed by atoms with Gasteiger partial charge in [0.15, 0.2) is 0 Å². The number of ether oxygens (including phenoxy) is 2. The lowest BCUT2D eigenvalue weighted by Crippen LogP contribution is -2.09. The highest BCUT2D eigenvalue weighted by molar-refractivity contribution is 7.18. The van der Waals surface area contributed by atoms with Crippen molar-refractivity contribution in [1.82, 2.24) is 4.98 Å². The molecule has 0 aliphatic rings. The van der Waals surface area contributed by atoms with Gasteiger partial charge in [0.2, 0.25) is 0 Å². The molecule has 5 aromatic rings. The van der Waals surface area contributed by atoms with Crippen molar-refractivity contribution in [2.75, 3.05) is 19.1 Å². The molecular formula is C30H23N3O2S. The lowest BCUT2D eigenvalue weighted by molar-refractivity contribution is 0.415. The topological polar surface area (TPSA) is 58.4 Å². The summed E-state index contributed by atoms with van der Waals surface area (Å²) >= 11 is 1.70. The van der Waals surface area contributed by atoms with Crippen LogP contribution in [-0.4, -0.2) is 19.2 Å². The van der Waals surface area contributed by atoms with Crippen LogP contribution >= 0.6 is 11.3 Å². The van der Waals surface area contributed by atoms with Gasteiger partial charge >= 0.3 is 0 Å². The van der Waals surface area contributed by atoms with Crippen molar-refractivity contribution in [3.8, 4) is 38.4 Å². The van der Waals surface area contributed by atoms with Crippen LogP contribution < -0.4 is 14.4 Å². The Bertz CT molecular complexity index is 1440. The second-order valence-electron chi connectivity index (χ2n) is 7.99. The summed E-state index contributed by atoms with van der Waals surface area (Å²) in [7, 11) is 3.34. The van der Waals surface area contributed by atoms with Gasteiger partial charge in [-0.3, -0.25) is 0 Å². The van der Waals surface area contributed by atoms with Crippen molar-refractivity contribution in [1.29, 1.82) is 5.26 Å². The van der Waals surface area contributed by atoms with E-state index in [9.17, 15) is 0 Å². The molecule has 0 saturated heterocycles. The van der Waals surface area contributed by atoms with Crippen molar-refractivity contribution in [2.45, 2.75) is 0 Å². The van der Waals surface area contributed by atoms with E-state index in [1.165, 1.54) is 4.88 Å². The predicted molar refractivity (Wildman–Crippen MR) is 145 cm³/mol. The number of thiophene rings is 1. The molecule has 0 unspecified atom stereocenters. The van der Waals surface area contributed by atoms with Gasteiger partial charge in [-0.15, -0.1) is 11.3 Å². The third kappa shape index (κ3) is 4.78. The zero-order valence-electron chi connectivity index (χ0n) is 19.9. The fraction of sp³-hybridized carbons (Fsp3) is 0.0667. The Morgan fingerprint density at radius 3 is 1.56 bits per heavy atom. The third-order valence-corrected chi connectivity index (χ3v) is 7.02. The average molecular weight is 490 g/mol. The zero-order chi connectivity index (χ0) is 24.9. The van der Waals surface area contributed by atoms with Gasteiger partial charge in [0, 0.05) is 38.6 Å². The van der Waals surface area contributed by atoms with Crippen molar-refractivity contribution in [3.05, 3.63) is 109 Å². The second kappa shape index (κ2) is 10.3. The number of nitriles is 1. The quantitative estimate of drug-likeness (QED) is 0.233. The Morgan fingerprint density at radius 1 is 0.639 bits per heavy atom. The molecular weight excluding hydrogens is 466 g/mol. The SMILES string of the molecule is COc1ccc(N(c2ccc(OC)cc2)c2ccc(-c3ccc(-c4ccc(C#N)nc4)s3)cc2)cc1. The summed E-state index contributed by atoms with van der Waals surface area (Å²) in [5, 5.41) is 8.98. The number of pyridine rings is 1. The van der Waals surface area contributed by atoms with E-state index in [-0.39, 0.29) is 0 Å². The number of hydrogen-bond acceptors (Lipinski definition) is 6. The molecule has 176 valence electrons. The lowest BCUT2D eigenvalue weighted by atomic mass is 10.1. The first-order chi connectivity index (χ1) is 17.7. The van der Waals surface area contributed by atoms with Crippen LogP contribution in [0.3, 0.4) is 0 Å². The molecule has 0 spiro atoms. The van der Waals surface area contributed by atoms with E-state index in [2.05, 4.69) is 52.4 Å². The maximum atomic E-state index is 8.98. The van der Waals surface area contributed by atoms with Crippen LogP contribution in [0.15, 0.2) is 103 Å². The molecule has 0 fully saturated rings. The Hall–Kier alpha value is -4.60. The molecule has 2 aromatic heterocycles. The standard InChI is InChI=1S/C30H23N3O2S/c1-34-27-13-9-25(10-14-27)33(26-11-15-28(35-2)16-12-26)24-7-4-21(5-8-24)29-17-18-30(36-29)22-3-6-23(19-31)32-20-22/h3-18,20H,1-2H3. The van der Waals surface area contributed by atoms with Crippen molar-refractivity contribution in [3.63, 3.8) is 0 Å². The number of aromatic nitrogens is 1. The van der Waals surface area contributed by atoms with Crippen molar-refractivity contribution >= 4 is 28.4 Å². The summed E-state index contributed by atoms with van der Waals surface area (Å²) in [6.07, 6.45) is 1.75. The Morgan fingerprint density at radius 2 is 1.11 bits per heavy atom. The number of anilines is 3. The Labute approximate surface area is 214 Å². The summed E-state index contributed by atoms with van der Waals surface area (Å²) in [6, 6.07) is 34.6. The molecule has 5 rings (SSSR count). The summed E-state index contributed by atoms with van der Waals surface area (Å²) < 4.78 is 10.7. The monoisotopic (exact) mass is 489 g/mol. The van der Waals surface area contributed by atoms with E-state index in [0.717, 1.165) is 44.6 Å².